The van der Waals surface area contributed by atoms with Crippen LogP contribution in [-0.2, 0) is 21.3 Å². The second kappa shape index (κ2) is 8.16. The molecule has 0 fully saturated rings. The minimum absolute atomic E-state index is 0.395. The Kier molecular flexibility index (Phi) is 6.86. The predicted molar refractivity (Wildman–Crippen MR) is 80.5 cm³/mol. The van der Waals surface area contributed by atoms with Gasteiger partial charge in [0.15, 0.2) is 0 Å². The van der Waals surface area contributed by atoms with Crippen LogP contribution in [0.15, 0.2) is 12.1 Å². The molecule has 0 saturated heterocycles. The van der Waals surface area contributed by atoms with Crippen molar-refractivity contribution in [1.29, 1.82) is 0 Å². The number of carbonyl (C=O) groups is 1. The van der Waals surface area contributed by atoms with Gasteiger partial charge in [0.05, 0.1) is 13.4 Å². The molecule has 0 aliphatic heterocycles. The largest absolute Gasteiger partial charge is 0.464 e. The van der Waals surface area contributed by atoms with Crippen LogP contribution in [0.1, 0.15) is 29.5 Å². The van der Waals surface area contributed by atoms with E-state index in [-0.39, 0.29) is 0 Å². The van der Waals surface area contributed by atoms with E-state index in [4.69, 9.17) is 0 Å². The molecule has 0 aliphatic rings. The lowest BCUT2D eigenvalue weighted by Crippen LogP contribution is -2.32. The maximum atomic E-state index is 11.4. The first-order valence-electron chi connectivity index (χ1n) is 6.80. The first-order valence-corrected chi connectivity index (χ1v) is 8.65. The molecular weight excluding hydrogens is 294 g/mol. The summed E-state index contributed by atoms with van der Waals surface area (Å²) in [6.45, 7) is 4.08. The number of nitrogens with one attached hydrogen (secondary N) is 2. The van der Waals surface area contributed by atoms with Crippen LogP contribution in [0.5, 0.6) is 0 Å². The molecule has 0 bridgehead atoms. The van der Waals surface area contributed by atoms with Crippen LogP contribution in [-0.4, -0.2) is 56.7 Å². The van der Waals surface area contributed by atoms with Crippen molar-refractivity contribution in [2.75, 3.05) is 33.0 Å². The van der Waals surface area contributed by atoms with E-state index in [1.165, 1.54) is 17.7 Å². The molecule has 0 amide bonds. The number of ether oxygens (including phenoxy) is 1. The summed E-state index contributed by atoms with van der Waals surface area (Å²) in [4.78, 5) is 14.2. The number of nitrogens with zero attached hydrogens (tertiary/aromatic N) is 1. The molecule has 21 heavy (non-hydrogen) atoms. The molecule has 0 aromatic carbocycles. The Morgan fingerprint density at radius 3 is 2.71 bits per heavy atom. The predicted octanol–water partition coefficient (Wildman–Crippen LogP) is 0.563. The molecule has 0 atom stereocenters. The van der Waals surface area contributed by atoms with Gasteiger partial charge in [-0.1, -0.05) is 6.92 Å². The van der Waals surface area contributed by atoms with Crippen molar-refractivity contribution in [3.63, 3.8) is 0 Å². The summed E-state index contributed by atoms with van der Waals surface area (Å²) in [5, 5.41) is 3.20. The van der Waals surface area contributed by atoms with Gasteiger partial charge in [-0.2, -0.15) is 0 Å². The molecule has 7 nitrogen and oxygen atoms in total. The van der Waals surface area contributed by atoms with Crippen molar-refractivity contribution in [1.82, 2.24) is 14.6 Å². The van der Waals surface area contributed by atoms with E-state index >= 15 is 0 Å². The van der Waals surface area contributed by atoms with E-state index in [9.17, 15) is 13.2 Å². The van der Waals surface area contributed by atoms with E-state index in [1.54, 1.807) is 6.07 Å². The van der Waals surface area contributed by atoms with Crippen molar-refractivity contribution in [3.05, 3.63) is 23.5 Å². The van der Waals surface area contributed by atoms with Crippen LogP contribution in [0.2, 0.25) is 0 Å². The Balaban J connectivity index is 2.28. The van der Waals surface area contributed by atoms with Gasteiger partial charge in [0.2, 0.25) is 10.0 Å². The third-order valence-corrected chi connectivity index (χ3v) is 4.43. The number of aromatic nitrogens is 1. The average molecular weight is 317 g/mol. The quantitative estimate of drug-likeness (QED) is 0.513. The maximum absolute atomic E-state index is 11.4. The highest BCUT2D eigenvalue weighted by Gasteiger charge is 2.13. The third-order valence-electron chi connectivity index (χ3n) is 3.05. The standard InChI is InChI=1S/C13H23N3O4S/c1-4-16(21(3,18)19)9-5-8-14-10-11-6-7-12(15-11)13(17)20-2/h6-7,14-15H,4-5,8-10H2,1-3H3. The zero-order chi connectivity index (χ0) is 15.9. The summed E-state index contributed by atoms with van der Waals surface area (Å²) in [5.41, 5.74) is 1.30. The summed E-state index contributed by atoms with van der Waals surface area (Å²) in [7, 11) is -1.78. The maximum Gasteiger partial charge on any atom is 0.354 e. The molecule has 0 spiro atoms. The summed E-state index contributed by atoms with van der Waals surface area (Å²) in [6, 6.07) is 3.49. The topological polar surface area (TPSA) is 91.5 Å². The third kappa shape index (κ3) is 5.86. The number of aromatic amines is 1. The molecule has 1 aromatic heterocycles. The zero-order valence-corrected chi connectivity index (χ0v) is 13.5. The Bertz CT molecular complexity index is 554. The molecule has 1 heterocycles. The summed E-state index contributed by atoms with van der Waals surface area (Å²) in [6.07, 6.45) is 1.95. The number of sulfonamides is 1. The van der Waals surface area contributed by atoms with Gasteiger partial charge in [0.1, 0.15) is 5.69 Å². The average Bonchev–Trinajstić information content (AvgIpc) is 2.89. The molecule has 0 saturated carbocycles. The highest BCUT2D eigenvalue weighted by Crippen LogP contribution is 2.03. The zero-order valence-electron chi connectivity index (χ0n) is 12.7. The molecule has 120 valence electrons. The van der Waals surface area contributed by atoms with Gasteiger partial charge >= 0.3 is 5.97 Å². The fourth-order valence-electron chi connectivity index (χ4n) is 1.93. The van der Waals surface area contributed by atoms with E-state index in [1.807, 2.05) is 13.0 Å². The van der Waals surface area contributed by atoms with Crippen molar-refractivity contribution in [2.24, 2.45) is 0 Å². The minimum atomic E-state index is -3.12. The number of methoxy groups -OCH3 is 1. The second-order valence-electron chi connectivity index (χ2n) is 4.67. The van der Waals surface area contributed by atoms with Crippen LogP contribution in [0.25, 0.3) is 0 Å². The summed E-state index contributed by atoms with van der Waals surface area (Å²) >= 11 is 0. The summed E-state index contributed by atoms with van der Waals surface area (Å²) in [5.74, 6) is -0.395. The first kappa shape index (κ1) is 17.7. The Morgan fingerprint density at radius 1 is 1.43 bits per heavy atom. The lowest BCUT2D eigenvalue weighted by atomic mass is 10.4. The molecule has 1 rings (SSSR count). The lowest BCUT2D eigenvalue weighted by molar-refractivity contribution is 0.0594. The van der Waals surface area contributed by atoms with Crippen molar-refractivity contribution in [2.45, 2.75) is 19.9 Å². The number of rotatable bonds is 9. The van der Waals surface area contributed by atoms with Crippen LogP contribution in [0.4, 0.5) is 0 Å². The molecular formula is C13H23N3O4S. The second-order valence-corrected chi connectivity index (χ2v) is 6.66. The number of H-pyrrole nitrogens is 1. The Hall–Kier alpha value is -1.38. The smallest absolute Gasteiger partial charge is 0.354 e. The Morgan fingerprint density at radius 2 is 2.14 bits per heavy atom. The van der Waals surface area contributed by atoms with Crippen LogP contribution in [0, 0.1) is 0 Å². The van der Waals surface area contributed by atoms with Gasteiger partial charge in [-0.3, -0.25) is 0 Å². The molecule has 8 heteroatoms. The number of carbonyl (C=O) groups excluding carboxylic acids is 1. The molecule has 0 unspecified atom stereocenters. The normalized spacial score (nSPS) is 11.8. The number of hydrogen-bond donors (Lipinski definition) is 2. The lowest BCUT2D eigenvalue weighted by Gasteiger charge is -2.17. The van der Waals surface area contributed by atoms with Gasteiger partial charge < -0.3 is 15.0 Å². The number of esters is 1. The fourth-order valence-corrected chi connectivity index (χ4v) is 2.86. The van der Waals surface area contributed by atoms with Gasteiger partial charge in [0, 0.05) is 25.3 Å². The summed E-state index contributed by atoms with van der Waals surface area (Å²) < 4.78 is 28.9. The SMILES string of the molecule is CCN(CCCNCc1ccc(C(=O)OC)[nH]1)S(C)(=O)=O. The van der Waals surface area contributed by atoms with Crippen LogP contribution in [0.3, 0.4) is 0 Å². The van der Waals surface area contributed by atoms with Crippen molar-refractivity contribution >= 4 is 16.0 Å². The van der Waals surface area contributed by atoms with Crippen LogP contribution < -0.4 is 5.32 Å². The molecule has 0 radical (unpaired) electrons. The highest BCUT2D eigenvalue weighted by atomic mass is 32.2. The van der Waals surface area contributed by atoms with E-state index < -0.39 is 16.0 Å². The minimum Gasteiger partial charge on any atom is -0.464 e. The number of hydrogen-bond acceptors (Lipinski definition) is 5. The highest BCUT2D eigenvalue weighted by molar-refractivity contribution is 7.88. The van der Waals surface area contributed by atoms with E-state index in [0.717, 1.165) is 12.1 Å². The van der Waals surface area contributed by atoms with Gasteiger partial charge in [0.25, 0.3) is 0 Å². The van der Waals surface area contributed by atoms with Crippen molar-refractivity contribution < 1.29 is 17.9 Å². The first-order chi connectivity index (χ1) is 9.88. The van der Waals surface area contributed by atoms with E-state index in [0.29, 0.717) is 31.9 Å². The monoisotopic (exact) mass is 317 g/mol. The van der Waals surface area contributed by atoms with E-state index in [2.05, 4.69) is 15.0 Å². The van der Waals surface area contributed by atoms with Gasteiger partial charge in [-0.15, -0.1) is 0 Å². The van der Waals surface area contributed by atoms with Gasteiger partial charge in [-0.05, 0) is 25.1 Å². The molecule has 0 aliphatic carbocycles. The van der Waals surface area contributed by atoms with Gasteiger partial charge in [-0.25, -0.2) is 17.5 Å². The van der Waals surface area contributed by atoms with Crippen LogP contribution >= 0.6 is 0 Å². The molecule has 1 aromatic rings. The van der Waals surface area contributed by atoms with Crippen molar-refractivity contribution in [3.8, 4) is 0 Å². The molecule has 2 N–H and O–H groups in total. The Labute approximate surface area is 125 Å². The fraction of sp³-hybridized carbons (Fsp3) is 0.615.